The van der Waals surface area contributed by atoms with Crippen molar-refractivity contribution in [1.29, 1.82) is 0 Å². The normalized spacial score (nSPS) is 21.0. The molecular weight excluding hydrogens is 264 g/mol. The van der Waals surface area contributed by atoms with Crippen LogP contribution in [-0.2, 0) is 9.53 Å². The minimum Gasteiger partial charge on any atom is -0.481 e. The predicted molar refractivity (Wildman–Crippen MR) is 86.5 cm³/mol. The number of allylic oxidation sites excluding steroid dienone is 1. The van der Waals surface area contributed by atoms with E-state index in [0.29, 0.717) is 0 Å². The van der Waals surface area contributed by atoms with Crippen molar-refractivity contribution in [3.63, 3.8) is 0 Å². The fourth-order valence-corrected chi connectivity index (χ4v) is 2.64. The molecule has 0 bridgehead atoms. The smallest absolute Gasteiger partial charge is 0.303 e. The summed E-state index contributed by atoms with van der Waals surface area (Å²) in [5.41, 5.74) is 0. The maximum atomic E-state index is 10.4. The molecule has 1 aliphatic heterocycles. The molecule has 21 heavy (non-hydrogen) atoms. The molecule has 1 N–H and O–H groups in total. The lowest BCUT2D eigenvalue weighted by atomic mass is 10.1. The summed E-state index contributed by atoms with van der Waals surface area (Å²) >= 11 is 0. The van der Waals surface area contributed by atoms with Gasteiger partial charge in [-0.25, -0.2) is 0 Å². The van der Waals surface area contributed by atoms with Crippen LogP contribution in [0.4, 0.5) is 0 Å². The molecule has 0 amide bonds. The van der Waals surface area contributed by atoms with Crippen LogP contribution >= 0.6 is 0 Å². The lowest BCUT2D eigenvalue weighted by Crippen LogP contribution is -1.97. The van der Waals surface area contributed by atoms with Gasteiger partial charge in [0, 0.05) is 6.42 Å². The molecule has 1 aliphatic rings. The first-order chi connectivity index (χ1) is 10.2. The number of hydrogen-bond acceptors (Lipinski definition) is 2. The van der Waals surface area contributed by atoms with E-state index in [1.807, 2.05) is 0 Å². The SMILES string of the molecule is CCCCCCCCCCC=CC1OC1CCCC(=O)O. The first-order valence-corrected chi connectivity index (χ1v) is 8.78. The van der Waals surface area contributed by atoms with Crippen LogP contribution in [0.2, 0.25) is 0 Å². The van der Waals surface area contributed by atoms with Gasteiger partial charge in [0.05, 0.1) is 6.10 Å². The second kappa shape index (κ2) is 11.8. The first-order valence-electron chi connectivity index (χ1n) is 8.78. The van der Waals surface area contributed by atoms with Crippen molar-refractivity contribution in [3.05, 3.63) is 12.2 Å². The Morgan fingerprint density at radius 1 is 1.05 bits per heavy atom. The topological polar surface area (TPSA) is 49.8 Å². The fraction of sp³-hybridized carbons (Fsp3) is 0.833. The molecule has 3 heteroatoms. The van der Waals surface area contributed by atoms with Gasteiger partial charge in [-0.2, -0.15) is 0 Å². The van der Waals surface area contributed by atoms with Crippen LogP contribution in [0.25, 0.3) is 0 Å². The van der Waals surface area contributed by atoms with Gasteiger partial charge in [-0.3, -0.25) is 4.79 Å². The number of ether oxygens (including phenoxy) is 1. The van der Waals surface area contributed by atoms with Gasteiger partial charge in [0.2, 0.25) is 0 Å². The number of unbranched alkanes of at least 4 members (excludes halogenated alkanes) is 8. The molecular formula is C18H32O3. The van der Waals surface area contributed by atoms with Gasteiger partial charge in [0.25, 0.3) is 0 Å². The molecule has 0 radical (unpaired) electrons. The predicted octanol–water partition coefficient (Wildman–Crippen LogP) is 5.10. The summed E-state index contributed by atoms with van der Waals surface area (Å²) in [7, 11) is 0. The average Bonchev–Trinajstić information content (AvgIpc) is 3.19. The van der Waals surface area contributed by atoms with E-state index in [4.69, 9.17) is 9.84 Å². The lowest BCUT2D eigenvalue weighted by molar-refractivity contribution is -0.137. The summed E-state index contributed by atoms with van der Waals surface area (Å²) in [5.74, 6) is -0.711. The molecule has 0 aromatic heterocycles. The average molecular weight is 296 g/mol. The van der Waals surface area contributed by atoms with Crippen LogP contribution in [0, 0.1) is 0 Å². The molecule has 1 saturated heterocycles. The summed E-state index contributed by atoms with van der Waals surface area (Å²) in [4.78, 5) is 10.4. The zero-order chi connectivity index (χ0) is 15.3. The Kier molecular flexibility index (Phi) is 10.2. The number of carboxylic acid groups (broad SMARTS) is 1. The maximum Gasteiger partial charge on any atom is 0.303 e. The largest absolute Gasteiger partial charge is 0.481 e. The molecule has 3 nitrogen and oxygen atoms in total. The molecule has 0 aromatic carbocycles. The zero-order valence-electron chi connectivity index (χ0n) is 13.6. The van der Waals surface area contributed by atoms with Crippen LogP contribution in [0.15, 0.2) is 12.2 Å². The van der Waals surface area contributed by atoms with Crippen LogP contribution < -0.4 is 0 Å². The van der Waals surface area contributed by atoms with E-state index >= 15 is 0 Å². The van der Waals surface area contributed by atoms with E-state index in [1.165, 1.54) is 51.4 Å². The van der Waals surface area contributed by atoms with E-state index in [-0.39, 0.29) is 18.6 Å². The maximum absolute atomic E-state index is 10.4. The molecule has 0 spiro atoms. The van der Waals surface area contributed by atoms with E-state index < -0.39 is 5.97 Å². The summed E-state index contributed by atoms with van der Waals surface area (Å²) in [6, 6.07) is 0. The van der Waals surface area contributed by atoms with Gasteiger partial charge >= 0.3 is 5.97 Å². The second-order valence-electron chi connectivity index (χ2n) is 6.12. The van der Waals surface area contributed by atoms with Gasteiger partial charge in [-0.15, -0.1) is 0 Å². The summed E-state index contributed by atoms with van der Waals surface area (Å²) < 4.78 is 5.50. The van der Waals surface area contributed by atoms with Gasteiger partial charge in [-0.1, -0.05) is 64.0 Å². The molecule has 1 rings (SSSR count). The van der Waals surface area contributed by atoms with Gasteiger partial charge in [0.1, 0.15) is 6.10 Å². The highest BCUT2D eigenvalue weighted by molar-refractivity contribution is 5.66. The van der Waals surface area contributed by atoms with E-state index in [2.05, 4.69) is 19.1 Å². The highest BCUT2D eigenvalue weighted by atomic mass is 16.6. The molecule has 0 aliphatic carbocycles. The van der Waals surface area contributed by atoms with Crippen LogP contribution in [0.1, 0.15) is 84.0 Å². The first kappa shape index (κ1) is 18.2. The highest BCUT2D eigenvalue weighted by Gasteiger charge is 2.35. The molecule has 0 saturated carbocycles. The third kappa shape index (κ3) is 10.5. The van der Waals surface area contributed by atoms with Crippen molar-refractivity contribution in [2.45, 2.75) is 96.2 Å². The Bertz CT molecular complexity index is 299. The highest BCUT2D eigenvalue weighted by Crippen LogP contribution is 2.28. The minimum atomic E-state index is -0.711. The van der Waals surface area contributed by atoms with Crippen molar-refractivity contribution >= 4 is 5.97 Å². The van der Waals surface area contributed by atoms with E-state index in [1.54, 1.807) is 0 Å². The van der Waals surface area contributed by atoms with Gasteiger partial charge in [0.15, 0.2) is 0 Å². The minimum absolute atomic E-state index is 0.257. The number of rotatable bonds is 14. The fourth-order valence-electron chi connectivity index (χ4n) is 2.64. The Morgan fingerprint density at radius 2 is 1.71 bits per heavy atom. The van der Waals surface area contributed by atoms with E-state index in [9.17, 15) is 4.79 Å². The van der Waals surface area contributed by atoms with Crippen LogP contribution in [-0.4, -0.2) is 23.3 Å². The van der Waals surface area contributed by atoms with E-state index in [0.717, 1.165) is 19.3 Å². The Labute approximate surface area is 129 Å². The summed E-state index contributed by atoms with van der Waals surface area (Å²) in [5, 5.41) is 8.56. The molecule has 2 atom stereocenters. The van der Waals surface area contributed by atoms with Crippen molar-refractivity contribution in [3.8, 4) is 0 Å². The quantitative estimate of drug-likeness (QED) is 0.276. The number of aliphatic carboxylic acids is 1. The Balaban J connectivity index is 1.82. The van der Waals surface area contributed by atoms with Crippen molar-refractivity contribution in [1.82, 2.24) is 0 Å². The van der Waals surface area contributed by atoms with Crippen LogP contribution in [0.5, 0.6) is 0 Å². The monoisotopic (exact) mass is 296 g/mol. The summed E-state index contributed by atoms with van der Waals surface area (Å²) in [6.07, 6.45) is 18.8. The number of hydrogen-bond donors (Lipinski definition) is 1. The third-order valence-electron chi connectivity index (χ3n) is 4.05. The number of carboxylic acids is 1. The lowest BCUT2D eigenvalue weighted by Gasteiger charge is -1.99. The molecule has 122 valence electrons. The number of carbonyl (C=O) groups is 1. The van der Waals surface area contributed by atoms with Gasteiger partial charge in [-0.05, 0) is 25.7 Å². The molecule has 1 fully saturated rings. The Hall–Kier alpha value is -0.830. The second-order valence-corrected chi connectivity index (χ2v) is 6.12. The van der Waals surface area contributed by atoms with Crippen molar-refractivity contribution in [2.24, 2.45) is 0 Å². The standard InChI is InChI=1S/C18H32O3/c1-2-3-4-5-6-7-8-9-10-11-13-16-17(21-16)14-12-15-18(19)20/h11,13,16-17H,2-10,12,14-15H2,1H3,(H,19,20). The van der Waals surface area contributed by atoms with Crippen LogP contribution in [0.3, 0.4) is 0 Å². The Morgan fingerprint density at radius 3 is 2.38 bits per heavy atom. The summed E-state index contributed by atoms with van der Waals surface area (Å²) in [6.45, 7) is 2.26. The molecule has 1 heterocycles. The van der Waals surface area contributed by atoms with Crippen molar-refractivity contribution in [2.75, 3.05) is 0 Å². The molecule has 2 unspecified atom stereocenters. The van der Waals surface area contributed by atoms with Crippen molar-refractivity contribution < 1.29 is 14.6 Å². The molecule has 0 aromatic rings. The zero-order valence-corrected chi connectivity index (χ0v) is 13.6. The number of epoxide rings is 1. The third-order valence-corrected chi connectivity index (χ3v) is 4.05. The van der Waals surface area contributed by atoms with Gasteiger partial charge < -0.3 is 9.84 Å².